The Morgan fingerprint density at radius 3 is 2.76 bits per heavy atom. The van der Waals surface area contributed by atoms with Gasteiger partial charge in [-0.25, -0.2) is 9.18 Å². The molecule has 4 nitrogen and oxygen atoms in total. The molecule has 2 rings (SSSR count). The third-order valence-electron chi connectivity index (χ3n) is 2.45. The number of hydrogen-bond acceptors (Lipinski definition) is 3. The Balaban J connectivity index is 2.12. The van der Waals surface area contributed by atoms with Crippen LogP contribution < -0.4 is 5.32 Å². The zero-order chi connectivity index (χ0) is 15.4. The number of thiophene rings is 1. The van der Waals surface area contributed by atoms with Crippen LogP contribution in [0.2, 0.25) is 5.02 Å². The van der Waals surface area contributed by atoms with Crippen LogP contribution >= 0.6 is 22.9 Å². The number of rotatable bonds is 4. The van der Waals surface area contributed by atoms with Gasteiger partial charge in [0.25, 0.3) is 5.91 Å². The molecule has 0 aliphatic carbocycles. The van der Waals surface area contributed by atoms with Gasteiger partial charge in [-0.1, -0.05) is 11.6 Å². The minimum atomic E-state index is -1.06. The van der Waals surface area contributed by atoms with Crippen LogP contribution in [0.25, 0.3) is 6.08 Å². The maximum atomic E-state index is 12.9. The molecule has 0 unspecified atom stereocenters. The zero-order valence-electron chi connectivity index (χ0n) is 10.5. The maximum Gasteiger partial charge on any atom is 0.328 e. The van der Waals surface area contributed by atoms with Gasteiger partial charge in [-0.2, -0.15) is 0 Å². The summed E-state index contributed by atoms with van der Waals surface area (Å²) in [5.41, 5.74) is 0.669. The van der Waals surface area contributed by atoms with Gasteiger partial charge >= 0.3 is 5.97 Å². The summed E-state index contributed by atoms with van der Waals surface area (Å²) in [6, 6.07) is 5.21. The van der Waals surface area contributed by atoms with Crippen molar-refractivity contribution >= 4 is 46.6 Å². The minimum absolute atomic E-state index is 0.101. The summed E-state index contributed by atoms with van der Waals surface area (Å²) in [5, 5.41) is 12.8. The van der Waals surface area contributed by atoms with Gasteiger partial charge in [0.1, 0.15) is 5.82 Å². The first-order valence-electron chi connectivity index (χ1n) is 5.71. The summed E-state index contributed by atoms with van der Waals surface area (Å²) < 4.78 is 12.9. The van der Waals surface area contributed by atoms with Crippen molar-refractivity contribution in [1.29, 1.82) is 0 Å². The maximum absolute atomic E-state index is 12.9. The second kappa shape index (κ2) is 6.51. The number of carbonyl (C=O) groups excluding carboxylic acids is 1. The topological polar surface area (TPSA) is 66.4 Å². The van der Waals surface area contributed by atoms with Crippen molar-refractivity contribution in [2.45, 2.75) is 0 Å². The Morgan fingerprint density at radius 1 is 1.33 bits per heavy atom. The highest BCUT2D eigenvalue weighted by Gasteiger charge is 2.10. The van der Waals surface area contributed by atoms with Gasteiger partial charge in [-0.3, -0.25) is 4.79 Å². The molecule has 1 aromatic heterocycles. The van der Waals surface area contributed by atoms with Crippen LogP contribution in [0.4, 0.5) is 10.1 Å². The molecule has 0 spiro atoms. The Kier molecular flexibility index (Phi) is 4.72. The van der Waals surface area contributed by atoms with Crippen molar-refractivity contribution in [3.8, 4) is 0 Å². The summed E-state index contributed by atoms with van der Waals surface area (Å²) in [6.45, 7) is 0. The van der Waals surface area contributed by atoms with Gasteiger partial charge < -0.3 is 10.4 Å². The standard InChI is InChI=1S/C14H9ClFNO3S/c15-11-6-9(16)1-3-12(11)17-14(20)8-5-10(21-7-8)2-4-13(18)19/h1-7H,(H,17,20)(H,18,19). The number of aliphatic carboxylic acids is 1. The molecule has 108 valence electrons. The molecule has 2 N–H and O–H groups in total. The Morgan fingerprint density at radius 2 is 2.10 bits per heavy atom. The van der Waals surface area contributed by atoms with E-state index in [1.54, 1.807) is 11.4 Å². The lowest BCUT2D eigenvalue weighted by Crippen LogP contribution is -2.11. The molecule has 0 saturated carbocycles. The predicted octanol–water partition coefficient (Wildman–Crippen LogP) is 3.89. The minimum Gasteiger partial charge on any atom is -0.478 e. The van der Waals surface area contributed by atoms with Crippen LogP contribution in [-0.2, 0) is 4.79 Å². The van der Waals surface area contributed by atoms with Crippen LogP contribution in [0.5, 0.6) is 0 Å². The highest BCUT2D eigenvalue weighted by atomic mass is 35.5. The lowest BCUT2D eigenvalue weighted by atomic mass is 10.2. The average Bonchev–Trinajstić information content (AvgIpc) is 2.88. The summed E-state index contributed by atoms with van der Waals surface area (Å²) >= 11 is 7.06. The van der Waals surface area contributed by atoms with E-state index in [1.807, 2.05) is 0 Å². The van der Waals surface area contributed by atoms with Crippen LogP contribution in [-0.4, -0.2) is 17.0 Å². The number of benzene rings is 1. The van der Waals surface area contributed by atoms with Crippen LogP contribution in [0, 0.1) is 5.82 Å². The Labute approximate surface area is 128 Å². The average molecular weight is 326 g/mol. The molecule has 0 aliphatic rings. The van der Waals surface area contributed by atoms with Crippen LogP contribution in [0.15, 0.2) is 35.7 Å². The second-order valence-electron chi connectivity index (χ2n) is 3.99. The molecule has 1 aromatic carbocycles. The van der Waals surface area contributed by atoms with Gasteiger partial charge in [0, 0.05) is 16.3 Å². The fourth-order valence-electron chi connectivity index (χ4n) is 1.50. The molecule has 1 amide bonds. The molecular formula is C14H9ClFNO3S. The summed E-state index contributed by atoms with van der Waals surface area (Å²) in [4.78, 5) is 23.1. The van der Waals surface area contributed by atoms with Crippen molar-refractivity contribution in [3.05, 3.63) is 57.0 Å². The van der Waals surface area contributed by atoms with Crippen molar-refractivity contribution in [1.82, 2.24) is 0 Å². The molecule has 21 heavy (non-hydrogen) atoms. The van der Waals surface area contributed by atoms with Gasteiger partial charge in [0.05, 0.1) is 16.3 Å². The summed E-state index contributed by atoms with van der Waals surface area (Å²) in [5.74, 6) is -1.96. The zero-order valence-corrected chi connectivity index (χ0v) is 12.0. The molecule has 1 heterocycles. The predicted molar refractivity (Wildman–Crippen MR) is 80.4 cm³/mol. The van der Waals surface area contributed by atoms with E-state index in [1.165, 1.54) is 29.5 Å². The van der Waals surface area contributed by atoms with E-state index < -0.39 is 17.7 Å². The fraction of sp³-hybridized carbons (Fsp3) is 0. The Bertz CT molecular complexity index is 727. The number of halogens is 2. The van der Waals surface area contributed by atoms with Crippen LogP contribution in [0.3, 0.4) is 0 Å². The van der Waals surface area contributed by atoms with Gasteiger partial charge in [0.15, 0.2) is 0 Å². The first-order valence-corrected chi connectivity index (χ1v) is 6.97. The SMILES string of the molecule is O=C(O)C=Cc1cc(C(=O)Nc2ccc(F)cc2Cl)cs1. The third-order valence-corrected chi connectivity index (χ3v) is 3.66. The van der Waals surface area contributed by atoms with Crippen molar-refractivity contribution in [2.75, 3.05) is 5.32 Å². The molecular weight excluding hydrogens is 317 g/mol. The summed E-state index contributed by atoms with van der Waals surface area (Å²) in [6.07, 6.45) is 2.39. The van der Waals surface area contributed by atoms with Crippen molar-refractivity contribution in [2.24, 2.45) is 0 Å². The normalized spacial score (nSPS) is 10.8. The second-order valence-corrected chi connectivity index (χ2v) is 5.34. The highest BCUT2D eigenvalue weighted by Crippen LogP contribution is 2.24. The number of anilines is 1. The van der Waals surface area contributed by atoms with Gasteiger partial charge in [-0.15, -0.1) is 11.3 Å². The van der Waals surface area contributed by atoms with Gasteiger partial charge in [-0.05, 0) is 30.3 Å². The van der Waals surface area contributed by atoms with Gasteiger partial charge in [0.2, 0.25) is 0 Å². The number of carboxylic acids is 1. The lowest BCUT2D eigenvalue weighted by Gasteiger charge is -2.05. The molecule has 0 aliphatic heterocycles. The first-order chi connectivity index (χ1) is 9.95. The van der Waals surface area contributed by atoms with Crippen LogP contribution in [0.1, 0.15) is 15.2 Å². The molecule has 0 saturated heterocycles. The third kappa shape index (κ3) is 4.14. The number of nitrogens with one attached hydrogen (secondary N) is 1. The van der Waals surface area contributed by atoms with E-state index in [0.717, 1.165) is 12.1 Å². The molecule has 0 fully saturated rings. The smallest absolute Gasteiger partial charge is 0.328 e. The van der Waals surface area contributed by atoms with E-state index in [-0.39, 0.29) is 5.02 Å². The first kappa shape index (κ1) is 15.2. The molecule has 0 radical (unpaired) electrons. The largest absolute Gasteiger partial charge is 0.478 e. The van der Waals surface area contributed by atoms with E-state index in [4.69, 9.17) is 16.7 Å². The monoisotopic (exact) mass is 325 g/mol. The molecule has 7 heteroatoms. The molecule has 0 bridgehead atoms. The quantitative estimate of drug-likeness (QED) is 0.838. The number of carbonyl (C=O) groups is 2. The van der Waals surface area contributed by atoms with Crippen molar-refractivity contribution in [3.63, 3.8) is 0 Å². The number of carboxylic acid groups (broad SMARTS) is 1. The van der Waals surface area contributed by atoms with E-state index in [0.29, 0.717) is 16.1 Å². The Hall–Kier alpha value is -2.18. The van der Waals surface area contributed by atoms with Crippen molar-refractivity contribution < 1.29 is 19.1 Å². The van der Waals surface area contributed by atoms with E-state index in [9.17, 15) is 14.0 Å². The van der Waals surface area contributed by atoms with E-state index >= 15 is 0 Å². The summed E-state index contributed by atoms with van der Waals surface area (Å²) in [7, 11) is 0. The highest BCUT2D eigenvalue weighted by molar-refractivity contribution is 7.11. The lowest BCUT2D eigenvalue weighted by molar-refractivity contribution is -0.131. The fourth-order valence-corrected chi connectivity index (χ4v) is 2.49. The van der Waals surface area contributed by atoms with E-state index in [2.05, 4.69) is 5.32 Å². The molecule has 2 aromatic rings. The number of hydrogen-bond donors (Lipinski definition) is 2. The molecule has 0 atom stereocenters. The number of amides is 1.